The summed E-state index contributed by atoms with van der Waals surface area (Å²) >= 11 is 1.68. The molecule has 2 rings (SSSR count). The Hall–Kier alpha value is -2.34. The number of hydrogen-bond acceptors (Lipinski definition) is 4. The Balaban J connectivity index is 1.86. The number of aromatic carboxylic acids is 1. The highest BCUT2D eigenvalue weighted by atomic mass is 32.1. The Morgan fingerprint density at radius 2 is 2.10 bits per heavy atom. The van der Waals surface area contributed by atoms with Gasteiger partial charge in [0.05, 0.1) is 16.9 Å². The summed E-state index contributed by atoms with van der Waals surface area (Å²) in [6.07, 6.45) is 2.04. The molecule has 2 aromatic rings. The van der Waals surface area contributed by atoms with E-state index < -0.39 is 5.97 Å². The molecule has 0 atom stereocenters. The predicted molar refractivity (Wildman–Crippen MR) is 83.7 cm³/mol. The average molecular weight is 304 g/mol. The lowest BCUT2D eigenvalue weighted by Gasteiger charge is -2.08. The number of carbonyl (C=O) groups is 2. The number of nitrogen functional groups attached to an aromatic ring is 1. The van der Waals surface area contributed by atoms with Gasteiger partial charge in [0.2, 0.25) is 5.91 Å². The van der Waals surface area contributed by atoms with Crippen molar-refractivity contribution in [1.29, 1.82) is 0 Å². The molecule has 0 bridgehead atoms. The third-order valence-corrected chi connectivity index (χ3v) is 3.92. The Morgan fingerprint density at radius 3 is 2.71 bits per heavy atom. The maximum absolute atomic E-state index is 11.8. The van der Waals surface area contributed by atoms with E-state index in [2.05, 4.69) is 5.32 Å². The van der Waals surface area contributed by atoms with E-state index in [-0.39, 0.29) is 17.2 Å². The summed E-state index contributed by atoms with van der Waals surface area (Å²) in [5.74, 6) is -1.17. The van der Waals surface area contributed by atoms with Crippen molar-refractivity contribution in [2.45, 2.75) is 19.3 Å². The molecule has 6 heteroatoms. The molecule has 1 amide bonds. The summed E-state index contributed by atoms with van der Waals surface area (Å²) in [5.41, 5.74) is 6.53. The smallest absolute Gasteiger partial charge is 0.335 e. The number of carbonyl (C=O) groups excluding carboxylic acids is 1. The molecule has 1 heterocycles. The van der Waals surface area contributed by atoms with E-state index in [1.54, 1.807) is 11.3 Å². The number of nitrogens with one attached hydrogen (secondary N) is 1. The zero-order valence-corrected chi connectivity index (χ0v) is 12.2. The maximum Gasteiger partial charge on any atom is 0.335 e. The molecule has 0 radical (unpaired) electrons. The van der Waals surface area contributed by atoms with Crippen molar-refractivity contribution in [2.24, 2.45) is 0 Å². The molecule has 0 spiro atoms. The fourth-order valence-electron chi connectivity index (χ4n) is 1.90. The molecule has 1 aromatic carbocycles. The quantitative estimate of drug-likeness (QED) is 0.715. The van der Waals surface area contributed by atoms with E-state index in [4.69, 9.17) is 10.8 Å². The van der Waals surface area contributed by atoms with Crippen molar-refractivity contribution >= 4 is 34.6 Å². The van der Waals surface area contributed by atoms with Gasteiger partial charge in [-0.25, -0.2) is 4.79 Å². The largest absolute Gasteiger partial charge is 0.478 e. The first-order chi connectivity index (χ1) is 10.1. The van der Waals surface area contributed by atoms with Crippen LogP contribution in [0.4, 0.5) is 11.4 Å². The van der Waals surface area contributed by atoms with Gasteiger partial charge in [0.15, 0.2) is 0 Å². The van der Waals surface area contributed by atoms with Crippen LogP contribution in [0.1, 0.15) is 28.1 Å². The molecule has 5 nitrogen and oxygen atoms in total. The zero-order valence-electron chi connectivity index (χ0n) is 11.3. The van der Waals surface area contributed by atoms with Gasteiger partial charge in [0, 0.05) is 11.3 Å². The molecule has 0 fully saturated rings. The van der Waals surface area contributed by atoms with Crippen molar-refractivity contribution in [3.05, 3.63) is 46.2 Å². The van der Waals surface area contributed by atoms with Crippen molar-refractivity contribution in [3.63, 3.8) is 0 Å². The zero-order chi connectivity index (χ0) is 15.2. The number of aryl methyl sites for hydroxylation is 1. The van der Waals surface area contributed by atoms with Crippen LogP contribution in [0.2, 0.25) is 0 Å². The molecule has 0 saturated carbocycles. The molecule has 4 N–H and O–H groups in total. The van der Waals surface area contributed by atoms with E-state index in [1.807, 2.05) is 17.5 Å². The minimum atomic E-state index is -1.05. The average Bonchev–Trinajstić information content (AvgIpc) is 2.94. The first-order valence-corrected chi connectivity index (χ1v) is 7.39. The summed E-state index contributed by atoms with van der Waals surface area (Å²) in [6, 6.07) is 8.30. The van der Waals surface area contributed by atoms with Gasteiger partial charge >= 0.3 is 5.97 Å². The third-order valence-electron chi connectivity index (χ3n) is 2.98. The van der Waals surface area contributed by atoms with Crippen LogP contribution < -0.4 is 11.1 Å². The van der Waals surface area contributed by atoms with Crippen molar-refractivity contribution in [2.75, 3.05) is 11.1 Å². The topological polar surface area (TPSA) is 92.4 Å². The van der Waals surface area contributed by atoms with Gasteiger partial charge in [0.25, 0.3) is 0 Å². The fraction of sp³-hybridized carbons (Fsp3) is 0.200. The lowest BCUT2D eigenvalue weighted by atomic mass is 10.1. The predicted octanol–water partition coefficient (Wildman–Crippen LogP) is 2.99. The van der Waals surface area contributed by atoms with Crippen LogP contribution >= 0.6 is 11.3 Å². The minimum absolute atomic E-state index is 0.100. The van der Waals surface area contributed by atoms with Gasteiger partial charge < -0.3 is 16.2 Å². The molecular weight excluding hydrogens is 288 g/mol. The van der Waals surface area contributed by atoms with Gasteiger partial charge in [-0.3, -0.25) is 4.79 Å². The Bertz CT molecular complexity index is 638. The molecule has 0 aliphatic rings. The highest BCUT2D eigenvalue weighted by molar-refractivity contribution is 7.09. The van der Waals surface area contributed by atoms with Gasteiger partial charge in [-0.05, 0) is 42.5 Å². The van der Waals surface area contributed by atoms with Gasteiger partial charge in [-0.1, -0.05) is 6.07 Å². The summed E-state index contributed by atoms with van der Waals surface area (Å²) < 4.78 is 0. The number of benzene rings is 1. The molecule has 0 aliphatic carbocycles. The van der Waals surface area contributed by atoms with E-state index in [0.717, 1.165) is 12.8 Å². The number of amides is 1. The molecule has 0 saturated heterocycles. The van der Waals surface area contributed by atoms with Gasteiger partial charge in [-0.15, -0.1) is 11.3 Å². The Morgan fingerprint density at radius 1 is 1.29 bits per heavy atom. The molecule has 0 aliphatic heterocycles. The number of thiophene rings is 1. The van der Waals surface area contributed by atoms with Crippen molar-refractivity contribution < 1.29 is 14.7 Å². The lowest BCUT2D eigenvalue weighted by Crippen LogP contribution is -2.13. The second-order valence-electron chi connectivity index (χ2n) is 4.59. The van der Waals surface area contributed by atoms with E-state index >= 15 is 0 Å². The van der Waals surface area contributed by atoms with E-state index in [1.165, 1.54) is 23.1 Å². The second kappa shape index (κ2) is 6.90. The van der Waals surface area contributed by atoms with Crippen LogP contribution in [0.3, 0.4) is 0 Å². The van der Waals surface area contributed by atoms with Crippen molar-refractivity contribution in [1.82, 2.24) is 0 Å². The fourth-order valence-corrected chi connectivity index (χ4v) is 2.65. The second-order valence-corrected chi connectivity index (χ2v) is 5.62. The van der Waals surface area contributed by atoms with Crippen molar-refractivity contribution in [3.8, 4) is 0 Å². The van der Waals surface area contributed by atoms with E-state index in [0.29, 0.717) is 12.1 Å². The SMILES string of the molecule is Nc1cc(C(=O)O)ccc1NC(=O)CCCc1cccs1. The lowest BCUT2D eigenvalue weighted by molar-refractivity contribution is -0.116. The van der Waals surface area contributed by atoms with Crippen LogP contribution in [0.5, 0.6) is 0 Å². The molecule has 21 heavy (non-hydrogen) atoms. The highest BCUT2D eigenvalue weighted by Crippen LogP contribution is 2.20. The monoisotopic (exact) mass is 304 g/mol. The summed E-state index contributed by atoms with van der Waals surface area (Å²) in [6.45, 7) is 0. The van der Waals surface area contributed by atoms with Crippen LogP contribution in [-0.2, 0) is 11.2 Å². The number of carboxylic acids is 1. The number of nitrogens with two attached hydrogens (primary N) is 1. The number of carboxylic acid groups (broad SMARTS) is 1. The normalized spacial score (nSPS) is 10.3. The van der Waals surface area contributed by atoms with Gasteiger partial charge in [0.1, 0.15) is 0 Å². The molecule has 110 valence electrons. The molecule has 1 aromatic heterocycles. The highest BCUT2D eigenvalue weighted by Gasteiger charge is 2.09. The first kappa shape index (κ1) is 15.1. The van der Waals surface area contributed by atoms with Crippen LogP contribution in [-0.4, -0.2) is 17.0 Å². The Kier molecular flexibility index (Phi) is 4.94. The first-order valence-electron chi connectivity index (χ1n) is 6.51. The van der Waals surface area contributed by atoms with Crippen LogP contribution in [0.15, 0.2) is 35.7 Å². The summed E-state index contributed by atoms with van der Waals surface area (Å²) in [7, 11) is 0. The summed E-state index contributed by atoms with van der Waals surface area (Å²) in [5, 5.41) is 13.6. The minimum Gasteiger partial charge on any atom is -0.478 e. The maximum atomic E-state index is 11.8. The number of hydrogen-bond donors (Lipinski definition) is 3. The third kappa shape index (κ3) is 4.32. The van der Waals surface area contributed by atoms with Gasteiger partial charge in [-0.2, -0.15) is 0 Å². The Labute approximate surface area is 126 Å². The number of anilines is 2. The van der Waals surface area contributed by atoms with E-state index in [9.17, 15) is 9.59 Å². The van der Waals surface area contributed by atoms with Crippen LogP contribution in [0.25, 0.3) is 0 Å². The van der Waals surface area contributed by atoms with Crippen LogP contribution in [0, 0.1) is 0 Å². The molecule has 0 unspecified atom stereocenters. The standard InChI is InChI=1S/C15H16N2O3S/c16-12-9-10(15(19)20)6-7-13(12)17-14(18)5-1-3-11-4-2-8-21-11/h2,4,6-9H,1,3,5,16H2,(H,17,18)(H,19,20). The molecular formula is C15H16N2O3S. The summed E-state index contributed by atoms with van der Waals surface area (Å²) in [4.78, 5) is 23.9. The number of rotatable bonds is 6.